The molecule has 0 radical (unpaired) electrons. The zero-order valence-corrected chi connectivity index (χ0v) is 11.5. The number of nitrogen functional groups attached to an aromatic ring is 1. The third-order valence-electron chi connectivity index (χ3n) is 3.49. The molecule has 2 aromatic rings. The molecule has 0 saturated heterocycles. The third-order valence-corrected chi connectivity index (χ3v) is 3.49. The van der Waals surface area contributed by atoms with Gasteiger partial charge >= 0.3 is 0 Å². The van der Waals surface area contributed by atoms with E-state index in [0.29, 0.717) is 12.4 Å². The van der Waals surface area contributed by atoms with Gasteiger partial charge in [-0.3, -0.25) is 0 Å². The molecule has 2 heterocycles. The molecule has 1 aliphatic heterocycles. The Kier molecular flexibility index (Phi) is 3.41. The standard InChI is InChI=1S/C15H18N4O/c1-2-5-11-14(16)17-9-18-15(11)19-12-8-20-13-7-4-3-6-10(12)13/h3-4,6-7,9,12H,2,5,8H2,1H3,(H3,16,17,18,19). The predicted octanol–water partition coefficient (Wildman–Crippen LogP) is 2.56. The smallest absolute Gasteiger partial charge is 0.135 e. The molecule has 1 atom stereocenters. The average molecular weight is 270 g/mol. The Balaban J connectivity index is 1.88. The molecule has 0 saturated carbocycles. The van der Waals surface area contributed by atoms with Gasteiger partial charge in [-0.1, -0.05) is 31.5 Å². The van der Waals surface area contributed by atoms with E-state index in [2.05, 4.69) is 28.3 Å². The summed E-state index contributed by atoms with van der Waals surface area (Å²) in [6.07, 6.45) is 3.37. The van der Waals surface area contributed by atoms with Crippen LogP contribution in [0.4, 0.5) is 11.6 Å². The molecular weight excluding hydrogens is 252 g/mol. The second-order valence-corrected chi connectivity index (χ2v) is 4.88. The molecule has 0 bridgehead atoms. The van der Waals surface area contributed by atoms with Crippen LogP contribution in [0.5, 0.6) is 5.75 Å². The molecule has 3 N–H and O–H groups in total. The highest BCUT2D eigenvalue weighted by atomic mass is 16.5. The zero-order chi connectivity index (χ0) is 13.9. The molecule has 0 spiro atoms. The number of hydrogen-bond acceptors (Lipinski definition) is 5. The Morgan fingerprint density at radius 2 is 2.20 bits per heavy atom. The Morgan fingerprint density at radius 3 is 3.05 bits per heavy atom. The van der Waals surface area contributed by atoms with Crippen molar-refractivity contribution in [2.24, 2.45) is 0 Å². The van der Waals surface area contributed by atoms with Crippen LogP contribution in [-0.2, 0) is 6.42 Å². The second kappa shape index (κ2) is 5.36. The SMILES string of the molecule is CCCc1c(N)ncnc1NC1COc2ccccc21. The number of nitrogens with two attached hydrogens (primary N) is 1. The van der Waals surface area contributed by atoms with Gasteiger partial charge in [0.05, 0.1) is 6.04 Å². The van der Waals surface area contributed by atoms with E-state index in [9.17, 15) is 0 Å². The number of aromatic nitrogens is 2. The zero-order valence-electron chi connectivity index (χ0n) is 11.5. The molecular formula is C15H18N4O. The van der Waals surface area contributed by atoms with Crippen molar-refractivity contribution >= 4 is 11.6 Å². The third kappa shape index (κ3) is 2.27. The van der Waals surface area contributed by atoms with Crippen molar-refractivity contribution in [1.82, 2.24) is 9.97 Å². The van der Waals surface area contributed by atoms with Crippen LogP contribution in [0, 0.1) is 0 Å². The van der Waals surface area contributed by atoms with Crippen LogP contribution >= 0.6 is 0 Å². The lowest BCUT2D eigenvalue weighted by molar-refractivity contribution is 0.339. The summed E-state index contributed by atoms with van der Waals surface area (Å²) >= 11 is 0. The fourth-order valence-corrected chi connectivity index (χ4v) is 2.49. The van der Waals surface area contributed by atoms with Crippen LogP contribution < -0.4 is 15.8 Å². The maximum absolute atomic E-state index is 5.95. The van der Waals surface area contributed by atoms with Gasteiger partial charge in [0.2, 0.25) is 0 Å². The van der Waals surface area contributed by atoms with Crippen LogP contribution in [0.25, 0.3) is 0 Å². The first-order chi connectivity index (χ1) is 9.79. The summed E-state index contributed by atoms with van der Waals surface area (Å²) in [6.45, 7) is 2.72. The highest BCUT2D eigenvalue weighted by molar-refractivity contribution is 5.57. The molecule has 1 unspecified atom stereocenters. The van der Waals surface area contributed by atoms with Gasteiger partial charge in [-0.25, -0.2) is 9.97 Å². The first-order valence-corrected chi connectivity index (χ1v) is 6.87. The molecule has 0 fully saturated rings. The first-order valence-electron chi connectivity index (χ1n) is 6.87. The Hall–Kier alpha value is -2.30. The summed E-state index contributed by atoms with van der Waals surface area (Å²) in [4.78, 5) is 8.41. The molecule has 20 heavy (non-hydrogen) atoms. The maximum Gasteiger partial charge on any atom is 0.135 e. The van der Waals surface area contributed by atoms with Gasteiger partial charge in [0.1, 0.15) is 30.3 Å². The van der Waals surface area contributed by atoms with Crippen molar-refractivity contribution in [2.75, 3.05) is 17.7 Å². The van der Waals surface area contributed by atoms with Gasteiger partial charge in [0.15, 0.2) is 0 Å². The largest absolute Gasteiger partial charge is 0.491 e. The average Bonchev–Trinajstić information content (AvgIpc) is 2.86. The minimum atomic E-state index is 0.108. The summed E-state index contributed by atoms with van der Waals surface area (Å²) in [6, 6.07) is 8.16. The first kappa shape index (κ1) is 12.7. The summed E-state index contributed by atoms with van der Waals surface area (Å²) in [5.41, 5.74) is 8.10. The highest BCUT2D eigenvalue weighted by Gasteiger charge is 2.24. The summed E-state index contributed by atoms with van der Waals surface area (Å²) in [7, 11) is 0. The molecule has 5 heteroatoms. The highest BCUT2D eigenvalue weighted by Crippen LogP contribution is 2.34. The van der Waals surface area contributed by atoms with E-state index in [1.54, 1.807) is 0 Å². The number of rotatable bonds is 4. The molecule has 5 nitrogen and oxygen atoms in total. The van der Waals surface area contributed by atoms with E-state index in [1.165, 1.54) is 6.33 Å². The van der Waals surface area contributed by atoms with Gasteiger partial charge in [-0.2, -0.15) is 0 Å². The van der Waals surface area contributed by atoms with Crippen molar-refractivity contribution in [1.29, 1.82) is 0 Å². The summed E-state index contributed by atoms with van der Waals surface area (Å²) in [5, 5.41) is 3.44. The molecule has 1 aromatic carbocycles. The van der Waals surface area contributed by atoms with Crippen LogP contribution in [0.1, 0.15) is 30.5 Å². The molecule has 1 aromatic heterocycles. The monoisotopic (exact) mass is 270 g/mol. The van der Waals surface area contributed by atoms with Crippen LogP contribution in [0.2, 0.25) is 0 Å². The number of hydrogen-bond donors (Lipinski definition) is 2. The lowest BCUT2D eigenvalue weighted by Crippen LogP contribution is -2.15. The molecule has 104 valence electrons. The van der Waals surface area contributed by atoms with Gasteiger partial charge < -0.3 is 15.8 Å². The van der Waals surface area contributed by atoms with E-state index in [4.69, 9.17) is 10.5 Å². The Morgan fingerprint density at radius 1 is 1.35 bits per heavy atom. The number of anilines is 2. The number of fused-ring (bicyclic) bond motifs is 1. The molecule has 0 aliphatic carbocycles. The Bertz CT molecular complexity index is 615. The minimum absolute atomic E-state index is 0.108. The van der Waals surface area contributed by atoms with Crippen LogP contribution in [0.3, 0.4) is 0 Å². The van der Waals surface area contributed by atoms with Crippen molar-refractivity contribution in [3.63, 3.8) is 0 Å². The van der Waals surface area contributed by atoms with Gasteiger partial charge in [-0.15, -0.1) is 0 Å². The van der Waals surface area contributed by atoms with E-state index < -0.39 is 0 Å². The fourth-order valence-electron chi connectivity index (χ4n) is 2.49. The van der Waals surface area contributed by atoms with E-state index in [1.807, 2.05) is 18.2 Å². The lowest BCUT2D eigenvalue weighted by atomic mass is 10.1. The topological polar surface area (TPSA) is 73.1 Å². The lowest BCUT2D eigenvalue weighted by Gasteiger charge is -2.16. The maximum atomic E-state index is 5.95. The number of para-hydroxylation sites is 1. The summed E-state index contributed by atoms with van der Waals surface area (Å²) in [5.74, 6) is 2.30. The number of nitrogens with one attached hydrogen (secondary N) is 1. The molecule has 1 aliphatic rings. The normalized spacial score (nSPS) is 16.6. The summed E-state index contributed by atoms with van der Waals surface area (Å²) < 4.78 is 5.68. The van der Waals surface area contributed by atoms with Gasteiger partial charge in [0.25, 0.3) is 0 Å². The van der Waals surface area contributed by atoms with Crippen molar-refractivity contribution in [3.05, 3.63) is 41.7 Å². The molecule has 0 amide bonds. The van der Waals surface area contributed by atoms with E-state index >= 15 is 0 Å². The van der Waals surface area contributed by atoms with E-state index in [-0.39, 0.29) is 6.04 Å². The van der Waals surface area contributed by atoms with Crippen molar-refractivity contribution < 1.29 is 4.74 Å². The quantitative estimate of drug-likeness (QED) is 0.893. The van der Waals surface area contributed by atoms with Crippen molar-refractivity contribution in [2.45, 2.75) is 25.8 Å². The number of ether oxygens (including phenoxy) is 1. The second-order valence-electron chi connectivity index (χ2n) is 4.88. The van der Waals surface area contributed by atoms with Crippen LogP contribution in [0.15, 0.2) is 30.6 Å². The van der Waals surface area contributed by atoms with Gasteiger partial charge in [-0.05, 0) is 12.5 Å². The molecule has 3 rings (SSSR count). The van der Waals surface area contributed by atoms with Crippen LogP contribution in [-0.4, -0.2) is 16.6 Å². The number of benzene rings is 1. The van der Waals surface area contributed by atoms with Gasteiger partial charge in [0, 0.05) is 11.1 Å². The Labute approximate surface area is 118 Å². The van der Waals surface area contributed by atoms with Crippen molar-refractivity contribution in [3.8, 4) is 5.75 Å². The van der Waals surface area contributed by atoms with E-state index in [0.717, 1.165) is 35.5 Å². The number of nitrogens with zero attached hydrogens (tertiary/aromatic N) is 2. The minimum Gasteiger partial charge on any atom is -0.491 e. The predicted molar refractivity (Wildman–Crippen MR) is 78.7 cm³/mol. The fraction of sp³-hybridized carbons (Fsp3) is 0.333.